The number of sulfonamides is 2. The van der Waals surface area contributed by atoms with Crippen LogP contribution in [0.1, 0.15) is 63.6 Å². The fourth-order valence-electron chi connectivity index (χ4n) is 12.2. The number of aryl methyl sites for hydroxylation is 1. The van der Waals surface area contributed by atoms with Gasteiger partial charge in [-0.3, -0.25) is 9.44 Å². The van der Waals surface area contributed by atoms with Crippen molar-refractivity contribution in [3.8, 4) is 22.5 Å². The van der Waals surface area contributed by atoms with E-state index in [1.807, 2.05) is 98.2 Å². The van der Waals surface area contributed by atoms with Crippen molar-refractivity contribution in [1.29, 1.82) is 0 Å². The Bertz CT molecular complexity index is 4040. The number of thiophene rings is 1. The maximum absolute atomic E-state index is 13.5. The normalized spacial score (nSPS) is 17.3. The molecule has 4 N–H and O–H groups in total. The molecule has 3 aromatic heterocycles. The summed E-state index contributed by atoms with van der Waals surface area (Å²) in [7, 11) is -2.99. The summed E-state index contributed by atoms with van der Waals surface area (Å²) in [5.41, 5.74) is 13.3. The molecule has 2 fully saturated rings. The van der Waals surface area contributed by atoms with E-state index in [0.29, 0.717) is 27.5 Å². The third kappa shape index (κ3) is 13.5. The lowest BCUT2D eigenvalue weighted by molar-refractivity contribution is 0.154. The molecular weight excluding hydrogens is 1130 g/mol. The van der Waals surface area contributed by atoms with Crippen molar-refractivity contribution >= 4 is 65.4 Å². The molecule has 6 aromatic carbocycles. The first-order valence-electron chi connectivity index (χ1n) is 29.8. The highest BCUT2D eigenvalue weighted by atomic mass is 32.2. The molecule has 0 bridgehead atoms. The SMILES string of the molecule is CN1CCN(CCCNc2ncc3c(n2)-c2ccccc2C(c2ccc(NS(=O)(=O)c4cccs4)cc2)C3)CC1.Cc1ccc(S(=O)(=O)Nc2ccc(C3Cc4cnc(NCCCN5CCN(C)CC5)nc4-c4ccccc43)cc2)c2ccccc12. The minimum absolute atomic E-state index is 0.112. The zero-order valence-corrected chi connectivity index (χ0v) is 51.4. The van der Waals surface area contributed by atoms with Crippen LogP contribution in [-0.4, -0.2) is 149 Å². The van der Waals surface area contributed by atoms with Crippen molar-refractivity contribution in [3.63, 3.8) is 0 Å². The quantitative estimate of drug-likeness (QED) is 0.0596. The molecule has 19 heteroatoms. The molecule has 0 spiro atoms. The number of benzene rings is 6. The molecule has 0 radical (unpaired) electrons. The molecule has 2 atom stereocenters. The van der Waals surface area contributed by atoms with Gasteiger partial charge in [0.25, 0.3) is 20.0 Å². The summed E-state index contributed by atoms with van der Waals surface area (Å²) in [6, 6.07) is 46.8. The highest BCUT2D eigenvalue weighted by molar-refractivity contribution is 7.94. The molecule has 4 aliphatic rings. The van der Waals surface area contributed by atoms with Gasteiger partial charge in [-0.05, 0) is 146 Å². The monoisotopic (exact) mass is 1210 g/mol. The lowest BCUT2D eigenvalue weighted by Crippen LogP contribution is -2.44. The average molecular weight is 1210 g/mol. The summed E-state index contributed by atoms with van der Waals surface area (Å²) in [6.07, 6.45) is 7.59. The van der Waals surface area contributed by atoms with Crippen LogP contribution in [0.15, 0.2) is 172 Å². The Labute approximate surface area is 509 Å². The number of hydrogen-bond donors (Lipinski definition) is 4. The second kappa shape index (κ2) is 26.2. The number of likely N-dealkylation sites (N-methyl/N-ethyl adjacent to an activating group) is 2. The van der Waals surface area contributed by atoms with Crippen LogP contribution in [-0.2, 0) is 32.9 Å². The van der Waals surface area contributed by atoms with E-state index < -0.39 is 20.0 Å². The Balaban J connectivity index is 0.000000170. The minimum atomic E-state index is -3.78. The van der Waals surface area contributed by atoms with Crippen molar-refractivity contribution in [2.45, 2.75) is 53.5 Å². The number of fused-ring (bicyclic) bond motifs is 7. The molecule has 2 aliphatic heterocycles. The predicted octanol–water partition coefficient (Wildman–Crippen LogP) is 10.9. The number of rotatable bonds is 18. The molecule has 2 aliphatic carbocycles. The van der Waals surface area contributed by atoms with Gasteiger partial charge in [-0.2, -0.15) is 0 Å². The summed E-state index contributed by atoms with van der Waals surface area (Å²) in [6.45, 7) is 14.9. The summed E-state index contributed by atoms with van der Waals surface area (Å²) in [5.74, 6) is 1.59. The Kier molecular flexibility index (Phi) is 17.9. The average Bonchev–Trinajstić information content (AvgIpc) is 1.43. The molecular formula is C67H74N12O4S3. The summed E-state index contributed by atoms with van der Waals surface area (Å²) in [4.78, 5) is 29.3. The van der Waals surface area contributed by atoms with Gasteiger partial charge in [-0.25, -0.2) is 36.8 Å². The maximum Gasteiger partial charge on any atom is 0.271 e. The van der Waals surface area contributed by atoms with Crippen LogP contribution >= 0.6 is 11.3 Å². The van der Waals surface area contributed by atoms with Crippen molar-refractivity contribution in [1.82, 2.24) is 39.5 Å². The van der Waals surface area contributed by atoms with Crippen molar-refractivity contribution in [2.24, 2.45) is 0 Å². The topological polar surface area (TPSA) is 181 Å². The molecule has 2 unspecified atom stereocenters. The fraction of sp³-hybridized carbons (Fsp3) is 0.313. The number of aromatic nitrogens is 4. The van der Waals surface area contributed by atoms with Gasteiger partial charge in [0.1, 0.15) is 4.21 Å². The fourth-order valence-corrected chi connectivity index (χ4v) is 15.6. The zero-order chi connectivity index (χ0) is 59.2. The van der Waals surface area contributed by atoms with E-state index in [1.54, 1.807) is 23.6 Å². The van der Waals surface area contributed by atoms with Crippen LogP contribution in [0.5, 0.6) is 0 Å². The van der Waals surface area contributed by atoms with Crippen molar-refractivity contribution < 1.29 is 16.8 Å². The largest absolute Gasteiger partial charge is 0.354 e. The first-order chi connectivity index (χ1) is 41.8. The molecule has 9 aromatic rings. The van der Waals surface area contributed by atoms with Gasteiger partial charge < -0.3 is 30.2 Å². The van der Waals surface area contributed by atoms with Crippen LogP contribution in [0.4, 0.5) is 23.3 Å². The van der Waals surface area contributed by atoms with E-state index >= 15 is 0 Å². The minimum Gasteiger partial charge on any atom is -0.354 e. The van der Waals surface area contributed by atoms with E-state index in [1.165, 1.54) is 22.5 Å². The second-order valence-corrected chi connectivity index (χ2v) is 27.5. The maximum atomic E-state index is 13.5. The van der Waals surface area contributed by atoms with Crippen LogP contribution in [0.2, 0.25) is 0 Å². The van der Waals surface area contributed by atoms with E-state index in [0.717, 1.165) is 165 Å². The van der Waals surface area contributed by atoms with E-state index in [9.17, 15) is 16.8 Å². The van der Waals surface area contributed by atoms with Gasteiger partial charge >= 0.3 is 0 Å². The number of nitrogens with one attached hydrogen (secondary N) is 4. The first-order valence-corrected chi connectivity index (χ1v) is 33.6. The highest BCUT2D eigenvalue weighted by Gasteiger charge is 2.30. The molecule has 2 saturated heterocycles. The van der Waals surface area contributed by atoms with Crippen LogP contribution in [0.25, 0.3) is 33.3 Å². The molecule has 13 rings (SSSR count). The van der Waals surface area contributed by atoms with E-state index in [4.69, 9.17) is 9.97 Å². The van der Waals surface area contributed by atoms with Gasteiger partial charge in [0.2, 0.25) is 11.9 Å². The third-order valence-corrected chi connectivity index (χ3v) is 21.3. The smallest absolute Gasteiger partial charge is 0.271 e. The Hall–Kier alpha value is -7.62. The number of piperazine rings is 2. The molecule has 16 nitrogen and oxygen atoms in total. The van der Waals surface area contributed by atoms with Gasteiger partial charge in [0, 0.05) is 118 Å². The van der Waals surface area contributed by atoms with E-state index in [2.05, 4.69) is 112 Å². The number of hydrogen-bond acceptors (Lipinski definition) is 15. The van der Waals surface area contributed by atoms with Gasteiger partial charge in [0.05, 0.1) is 16.3 Å². The molecule has 0 saturated carbocycles. The first kappa shape index (κ1) is 58.7. The summed E-state index contributed by atoms with van der Waals surface area (Å²) >= 11 is 1.20. The van der Waals surface area contributed by atoms with Gasteiger partial charge in [-0.1, -0.05) is 109 Å². The molecule has 86 heavy (non-hydrogen) atoms. The van der Waals surface area contributed by atoms with E-state index in [-0.39, 0.29) is 16.7 Å². The van der Waals surface area contributed by atoms with Crippen LogP contribution < -0.4 is 20.1 Å². The van der Waals surface area contributed by atoms with Crippen molar-refractivity contribution in [2.75, 3.05) is 113 Å². The van der Waals surface area contributed by atoms with Crippen LogP contribution in [0.3, 0.4) is 0 Å². The number of nitrogens with zero attached hydrogens (tertiary/aromatic N) is 8. The van der Waals surface area contributed by atoms with Crippen molar-refractivity contribution in [3.05, 3.63) is 202 Å². The Morgan fingerprint density at radius 2 is 0.977 bits per heavy atom. The lowest BCUT2D eigenvalue weighted by Gasteiger charge is -2.32. The number of anilines is 4. The zero-order valence-electron chi connectivity index (χ0n) is 49.0. The summed E-state index contributed by atoms with van der Waals surface area (Å²) in [5, 5.41) is 10.3. The lowest BCUT2D eigenvalue weighted by atomic mass is 9.78. The van der Waals surface area contributed by atoms with Crippen LogP contribution in [0, 0.1) is 6.92 Å². The Morgan fingerprint density at radius 1 is 0.512 bits per heavy atom. The second-order valence-electron chi connectivity index (χ2n) is 23.0. The molecule has 0 amide bonds. The Morgan fingerprint density at radius 3 is 1.47 bits per heavy atom. The highest BCUT2D eigenvalue weighted by Crippen LogP contribution is 2.44. The molecule has 444 valence electrons. The van der Waals surface area contributed by atoms with Gasteiger partial charge in [-0.15, -0.1) is 11.3 Å². The molecule has 5 heterocycles. The third-order valence-electron chi connectivity index (χ3n) is 17.1. The summed E-state index contributed by atoms with van der Waals surface area (Å²) < 4.78 is 58.0. The predicted molar refractivity (Wildman–Crippen MR) is 348 cm³/mol. The van der Waals surface area contributed by atoms with Gasteiger partial charge in [0.15, 0.2) is 0 Å². The standard InChI is InChI=1S/C37H40N6O2S.C30H34N6O2S2/c1-26-12-17-35(32-10-5-3-8-30(26)32)46(44,45)41-29-15-13-27(14-16-29)34-24-28-25-39-37(40-36(28)33-11-6-4-9-31(33)34)38-18-7-19-43-22-20-42(2)21-23-43;1-35-15-17-36(18-16-35)14-5-13-31-30-32-21-23-20-27(25-6-2-3-7-26(25)29(23)33-30)22-9-11-24(12-10-22)34-40(37,38)28-8-4-19-39-28/h3-6,8-17,25,34,41H,7,18-24H2,1-2H3,(H,38,39,40);2-4,6-12,19,21,27,34H,5,13-18,20H2,1H3,(H,31,32,33).